The fraction of sp³-hybridized carbons (Fsp3) is 0.286. The SMILES string of the molecule is C[C@@H](C(=O)c1c[nH]c2ccccc12)[NH+](Cc1ccc(F)cc1)C1CC1. The van der Waals surface area contributed by atoms with Gasteiger partial charge in [0.15, 0.2) is 0 Å². The van der Waals surface area contributed by atoms with Crippen molar-refractivity contribution in [2.75, 3.05) is 0 Å². The lowest BCUT2D eigenvalue weighted by atomic mass is 10.0. The normalized spacial score (nSPS) is 16.7. The summed E-state index contributed by atoms with van der Waals surface area (Å²) in [7, 11) is 0. The van der Waals surface area contributed by atoms with E-state index in [2.05, 4.69) is 4.98 Å². The third-order valence-corrected chi connectivity index (χ3v) is 5.23. The molecule has 0 amide bonds. The van der Waals surface area contributed by atoms with Gasteiger partial charge in [0.05, 0.1) is 6.04 Å². The first-order valence-electron chi connectivity index (χ1n) is 8.84. The number of hydrogen-bond acceptors (Lipinski definition) is 1. The fourth-order valence-electron chi connectivity index (χ4n) is 3.62. The molecule has 2 aromatic carbocycles. The molecule has 1 aliphatic rings. The molecular weight excluding hydrogens is 315 g/mol. The van der Waals surface area contributed by atoms with Crippen LogP contribution in [0.25, 0.3) is 10.9 Å². The van der Waals surface area contributed by atoms with Gasteiger partial charge < -0.3 is 9.88 Å². The largest absolute Gasteiger partial charge is 0.360 e. The van der Waals surface area contributed by atoms with E-state index in [9.17, 15) is 9.18 Å². The zero-order valence-corrected chi connectivity index (χ0v) is 14.3. The number of quaternary nitrogens is 1. The van der Waals surface area contributed by atoms with Crippen molar-refractivity contribution in [1.29, 1.82) is 0 Å². The van der Waals surface area contributed by atoms with Gasteiger partial charge in [-0.3, -0.25) is 4.79 Å². The topological polar surface area (TPSA) is 37.3 Å². The lowest BCUT2D eigenvalue weighted by Gasteiger charge is -2.25. The van der Waals surface area contributed by atoms with E-state index in [1.165, 1.54) is 17.0 Å². The monoisotopic (exact) mass is 337 g/mol. The summed E-state index contributed by atoms with van der Waals surface area (Å²) < 4.78 is 13.2. The van der Waals surface area contributed by atoms with Crippen LogP contribution in [0, 0.1) is 5.82 Å². The Bertz CT molecular complexity index is 896. The molecular formula is C21H22FN2O+. The van der Waals surface area contributed by atoms with Crippen LogP contribution in [-0.2, 0) is 6.54 Å². The first kappa shape index (κ1) is 16.0. The maximum Gasteiger partial charge on any atom is 0.221 e. The van der Waals surface area contributed by atoms with Crippen LogP contribution in [0.1, 0.15) is 35.7 Å². The summed E-state index contributed by atoms with van der Waals surface area (Å²) in [6.45, 7) is 2.77. The number of H-pyrrole nitrogens is 1. The Hall–Kier alpha value is -2.46. The number of fused-ring (bicyclic) bond motifs is 1. The van der Waals surface area contributed by atoms with Gasteiger partial charge in [-0.2, -0.15) is 0 Å². The minimum atomic E-state index is -0.223. The van der Waals surface area contributed by atoms with E-state index in [1.807, 2.05) is 49.5 Å². The Kier molecular flexibility index (Phi) is 4.14. The first-order valence-corrected chi connectivity index (χ1v) is 8.84. The third kappa shape index (κ3) is 3.22. The molecule has 1 saturated carbocycles. The van der Waals surface area contributed by atoms with Crippen LogP contribution in [0.3, 0.4) is 0 Å². The molecule has 2 N–H and O–H groups in total. The molecule has 3 aromatic rings. The maximum absolute atomic E-state index is 13.2. The van der Waals surface area contributed by atoms with Crippen molar-refractivity contribution >= 4 is 16.7 Å². The number of para-hydroxylation sites is 1. The Morgan fingerprint density at radius 2 is 1.92 bits per heavy atom. The standard InChI is InChI=1S/C21H21FN2O/c1-14(21(25)19-12-23-20-5-3-2-4-18(19)20)24(17-10-11-17)13-15-6-8-16(22)9-7-15/h2-9,12,14,17,23H,10-11,13H2,1H3/p+1/t14-/m0/s1. The lowest BCUT2D eigenvalue weighted by molar-refractivity contribution is -0.938. The molecule has 4 heteroatoms. The number of ketones is 1. The molecule has 25 heavy (non-hydrogen) atoms. The van der Waals surface area contributed by atoms with Crippen LogP contribution in [-0.4, -0.2) is 22.9 Å². The second kappa shape index (κ2) is 6.45. The van der Waals surface area contributed by atoms with Crippen LogP contribution < -0.4 is 4.90 Å². The number of halogens is 1. The Morgan fingerprint density at radius 1 is 1.20 bits per heavy atom. The summed E-state index contributed by atoms with van der Waals surface area (Å²) in [5, 5.41) is 0.983. The van der Waals surface area contributed by atoms with Gasteiger partial charge in [0.1, 0.15) is 18.4 Å². The van der Waals surface area contributed by atoms with E-state index in [0.29, 0.717) is 6.04 Å². The highest BCUT2D eigenvalue weighted by molar-refractivity contribution is 6.09. The number of benzene rings is 2. The molecule has 1 fully saturated rings. The van der Waals surface area contributed by atoms with Gasteiger partial charge in [-0.15, -0.1) is 0 Å². The summed E-state index contributed by atoms with van der Waals surface area (Å²) in [4.78, 5) is 17.6. The maximum atomic E-state index is 13.2. The number of hydrogen-bond donors (Lipinski definition) is 2. The summed E-state index contributed by atoms with van der Waals surface area (Å²) in [6, 6.07) is 14.9. The Morgan fingerprint density at radius 3 is 2.64 bits per heavy atom. The van der Waals surface area contributed by atoms with Crippen LogP contribution in [0.15, 0.2) is 54.7 Å². The molecule has 0 radical (unpaired) electrons. The molecule has 0 bridgehead atoms. The fourth-order valence-corrected chi connectivity index (χ4v) is 3.62. The molecule has 0 saturated heterocycles. The van der Waals surface area contributed by atoms with E-state index in [4.69, 9.17) is 0 Å². The van der Waals surface area contributed by atoms with Crippen LogP contribution >= 0.6 is 0 Å². The van der Waals surface area contributed by atoms with E-state index in [0.717, 1.165) is 41.4 Å². The molecule has 1 aromatic heterocycles. The zero-order chi connectivity index (χ0) is 17.4. The number of nitrogens with one attached hydrogen (secondary N) is 2. The second-order valence-electron chi connectivity index (χ2n) is 6.99. The molecule has 0 aliphatic heterocycles. The summed E-state index contributed by atoms with van der Waals surface area (Å²) >= 11 is 0. The van der Waals surface area contributed by atoms with E-state index in [1.54, 1.807) is 0 Å². The smallest absolute Gasteiger partial charge is 0.221 e. The average molecular weight is 337 g/mol. The summed E-state index contributed by atoms with van der Waals surface area (Å²) in [5.74, 6) is -0.0545. The minimum Gasteiger partial charge on any atom is -0.360 e. The second-order valence-corrected chi connectivity index (χ2v) is 6.99. The van der Waals surface area contributed by atoms with Gasteiger partial charge in [0.25, 0.3) is 0 Å². The number of aromatic nitrogens is 1. The van der Waals surface area contributed by atoms with Gasteiger partial charge in [-0.25, -0.2) is 4.39 Å². The van der Waals surface area contributed by atoms with E-state index < -0.39 is 0 Å². The van der Waals surface area contributed by atoms with Crippen molar-refractivity contribution in [3.05, 3.63) is 71.7 Å². The highest BCUT2D eigenvalue weighted by Gasteiger charge is 2.39. The van der Waals surface area contributed by atoms with Crippen LogP contribution in [0.5, 0.6) is 0 Å². The molecule has 2 atom stereocenters. The van der Waals surface area contributed by atoms with Crippen molar-refractivity contribution < 1.29 is 14.1 Å². The summed E-state index contributed by atoms with van der Waals surface area (Å²) in [6.07, 6.45) is 4.13. The van der Waals surface area contributed by atoms with Gasteiger partial charge >= 0.3 is 0 Å². The first-order chi connectivity index (χ1) is 12.1. The van der Waals surface area contributed by atoms with Gasteiger partial charge in [-0.1, -0.05) is 30.3 Å². The number of aromatic amines is 1. The minimum absolute atomic E-state index is 0.128. The number of carbonyl (C=O) groups is 1. The molecule has 1 heterocycles. The number of Topliss-reactive ketones (excluding diaryl/α,β-unsaturated/α-hetero) is 1. The summed E-state index contributed by atoms with van der Waals surface area (Å²) in [5.41, 5.74) is 2.83. The number of carbonyl (C=O) groups excluding carboxylic acids is 1. The molecule has 1 aliphatic carbocycles. The zero-order valence-electron chi connectivity index (χ0n) is 14.3. The third-order valence-electron chi connectivity index (χ3n) is 5.23. The van der Waals surface area contributed by atoms with Gasteiger partial charge in [0, 0.05) is 41.1 Å². The van der Waals surface area contributed by atoms with Crippen LogP contribution in [0.2, 0.25) is 0 Å². The number of rotatable bonds is 6. The predicted octanol–water partition coefficient (Wildman–Crippen LogP) is 3.13. The molecule has 128 valence electrons. The van der Waals surface area contributed by atoms with Crippen molar-refractivity contribution in [3.8, 4) is 0 Å². The van der Waals surface area contributed by atoms with Crippen molar-refractivity contribution in [2.45, 2.75) is 38.4 Å². The predicted molar refractivity (Wildman–Crippen MR) is 96.2 cm³/mol. The highest BCUT2D eigenvalue weighted by atomic mass is 19.1. The van der Waals surface area contributed by atoms with E-state index in [-0.39, 0.29) is 17.6 Å². The lowest BCUT2D eigenvalue weighted by Crippen LogP contribution is -3.16. The van der Waals surface area contributed by atoms with Gasteiger partial charge in [0.2, 0.25) is 5.78 Å². The van der Waals surface area contributed by atoms with Crippen molar-refractivity contribution in [1.82, 2.24) is 4.98 Å². The Balaban J connectivity index is 1.59. The molecule has 0 spiro atoms. The average Bonchev–Trinajstić information content (AvgIpc) is 3.38. The molecule has 1 unspecified atom stereocenters. The molecule has 3 nitrogen and oxygen atoms in total. The highest BCUT2D eigenvalue weighted by Crippen LogP contribution is 2.21. The van der Waals surface area contributed by atoms with Gasteiger partial charge in [-0.05, 0) is 25.1 Å². The van der Waals surface area contributed by atoms with Crippen molar-refractivity contribution in [2.24, 2.45) is 0 Å². The Labute approximate surface area is 146 Å². The molecule has 4 rings (SSSR count). The van der Waals surface area contributed by atoms with Crippen molar-refractivity contribution in [3.63, 3.8) is 0 Å². The van der Waals surface area contributed by atoms with Crippen LogP contribution in [0.4, 0.5) is 4.39 Å². The quantitative estimate of drug-likeness (QED) is 0.666. The van der Waals surface area contributed by atoms with E-state index >= 15 is 0 Å².